The average molecular weight is 507 g/mol. The van der Waals surface area contributed by atoms with Crippen LogP contribution in [0.5, 0.6) is 0 Å². The zero-order valence-corrected chi connectivity index (χ0v) is 22.0. The first-order valence-electron chi connectivity index (χ1n) is 13.4. The number of ether oxygens (including phenoxy) is 6. The monoisotopic (exact) mass is 506 g/mol. The van der Waals surface area contributed by atoms with Crippen LogP contribution < -0.4 is 0 Å². The molecular formula is C26H50O9. The maximum absolute atomic E-state index is 11.4. The Hall–Kier alpha value is -1.26. The molecule has 0 amide bonds. The number of unbranched alkanes of at least 4 members (excludes halogenated alkanes) is 8. The van der Waals surface area contributed by atoms with Gasteiger partial charge in [0.1, 0.15) is 6.61 Å². The van der Waals surface area contributed by atoms with Crippen LogP contribution >= 0.6 is 0 Å². The van der Waals surface area contributed by atoms with Gasteiger partial charge in [-0.15, -0.1) is 0 Å². The van der Waals surface area contributed by atoms with Gasteiger partial charge in [-0.25, -0.2) is 0 Å². The lowest BCUT2D eigenvalue weighted by Crippen LogP contribution is -2.15. The van der Waals surface area contributed by atoms with Gasteiger partial charge < -0.3 is 33.5 Å². The van der Waals surface area contributed by atoms with Crippen molar-refractivity contribution >= 4 is 11.9 Å². The third kappa shape index (κ3) is 30.7. The Kier molecular flexibility index (Phi) is 27.9. The zero-order chi connectivity index (χ0) is 25.7. The normalized spacial score (nSPS) is 11.1. The molecule has 0 fully saturated rings. The third-order valence-electron chi connectivity index (χ3n) is 5.14. The Bertz CT molecular complexity index is 460. The van der Waals surface area contributed by atoms with Crippen molar-refractivity contribution in [2.75, 3.05) is 72.7 Å². The number of carboxylic acid groups (broad SMARTS) is 1. The minimum absolute atomic E-state index is 0.0735. The second-order valence-corrected chi connectivity index (χ2v) is 8.36. The highest BCUT2D eigenvalue weighted by Gasteiger charge is 2.04. The van der Waals surface area contributed by atoms with E-state index in [1.807, 2.05) is 0 Å². The van der Waals surface area contributed by atoms with Gasteiger partial charge in [-0.05, 0) is 19.3 Å². The molecule has 0 aromatic heterocycles. The highest BCUT2D eigenvalue weighted by molar-refractivity contribution is 5.69. The number of esters is 1. The highest BCUT2D eigenvalue weighted by Crippen LogP contribution is 2.08. The minimum Gasteiger partial charge on any atom is -0.481 e. The van der Waals surface area contributed by atoms with Crippen LogP contribution in [0.2, 0.25) is 0 Å². The van der Waals surface area contributed by atoms with E-state index < -0.39 is 5.97 Å². The van der Waals surface area contributed by atoms with E-state index in [4.69, 9.17) is 33.5 Å². The molecule has 0 bridgehead atoms. The first kappa shape index (κ1) is 33.7. The molecule has 0 aliphatic rings. The molecule has 0 saturated carbocycles. The molecule has 1 N–H and O–H groups in total. The Morgan fingerprint density at radius 3 is 1.37 bits per heavy atom. The van der Waals surface area contributed by atoms with Crippen LogP contribution in [0.15, 0.2) is 0 Å². The fourth-order valence-corrected chi connectivity index (χ4v) is 3.15. The van der Waals surface area contributed by atoms with E-state index in [2.05, 4.69) is 6.92 Å². The van der Waals surface area contributed by atoms with E-state index in [1.165, 1.54) is 44.9 Å². The summed E-state index contributed by atoms with van der Waals surface area (Å²) >= 11 is 0. The van der Waals surface area contributed by atoms with Gasteiger partial charge in [0.05, 0.1) is 59.5 Å². The van der Waals surface area contributed by atoms with Gasteiger partial charge in [-0.2, -0.15) is 0 Å². The molecule has 0 atom stereocenters. The molecule has 0 aromatic carbocycles. The second kappa shape index (κ2) is 29.0. The SMILES string of the molecule is CCCCCCCCCCOCCOCCOCCOCCOCCOC(=O)CCCCC(=O)O. The number of rotatable bonds is 29. The Morgan fingerprint density at radius 2 is 0.886 bits per heavy atom. The number of hydrogen-bond acceptors (Lipinski definition) is 8. The maximum atomic E-state index is 11.4. The predicted molar refractivity (Wildman–Crippen MR) is 134 cm³/mol. The molecule has 9 nitrogen and oxygen atoms in total. The third-order valence-corrected chi connectivity index (χ3v) is 5.14. The van der Waals surface area contributed by atoms with E-state index >= 15 is 0 Å². The summed E-state index contributed by atoms with van der Waals surface area (Å²) < 4.78 is 32.2. The number of hydrogen-bond donors (Lipinski definition) is 1. The van der Waals surface area contributed by atoms with Crippen molar-refractivity contribution in [3.63, 3.8) is 0 Å². The quantitative estimate of drug-likeness (QED) is 0.117. The first-order chi connectivity index (χ1) is 17.2. The number of carboxylic acids is 1. The smallest absolute Gasteiger partial charge is 0.305 e. The topological polar surface area (TPSA) is 110 Å². The molecular weight excluding hydrogens is 456 g/mol. The minimum atomic E-state index is -0.852. The number of carbonyl (C=O) groups is 2. The van der Waals surface area contributed by atoms with Gasteiger partial charge in [-0.1, -0.05) is 51.9 Å². The molecule has 0 heterocycles. The lowest BCUT2D eigenvalue weighted by molar-refractivity contribution is -0.146. The van der Waals surface area contributed by atoms with E-state index in [-0.39, 0.29) is 25.4 Å². The standard InChI is InChI=1S/C26H50O9/c1-2-3-4-5-6-7-8-11-14-30-15-16-31-17-18-32-19-20-33-21-22-34-23-24-35-26(29)13-10-9-12-25(27)28/h2-24H2,1H3,(H,27,28). The second-order valence-electron chi connectivity index (χ2n) is 8.36. The van der Waals surface area contributed by atoms with Crippen LogP contribution in [-0.4, -0.2) is 89.7 Å². The maximum Gasteiger partial charge on any atom is 0.305 e. The van der Waals surface area contributed by atoms with Gasteiger partial charge in [0.25, 0.3) is 0 Å². The van der Waals surface area contributed by atoms with E-state index in [9.17, 15) is 9.59 Å². The summed E-state index contributed by atoms with van der Waals surface area (Å²) in [5.74, 6) is -1.18. The van der Waals surface area contributed by atoms with Crippen LogP contribution in [0.4, 0.5) is 0 Å². The molecule has 0 unspecified atom stereocenters. The van der Waals surface area contributed by atoms with Gasteiger partial charge in [0.2, 0.25) is 0 Å². The molecule has 35 heavy (non-hydrogen) atoms. The highest BCUT2D eigenvalue weighted by atomic mass is 16.6. The summed E-state index contributed by atoms with van der Waals surface area (Å²) in [6, 6.07) is 0. The number of aliphatic carboxylic acids is 1. The van der Waals surface area contributed by atoms with Crippen molar-refractivity contribution < 1.29 is 43.1 Å². The molecule has 0 spiro atoms. The Morgan fingerprint density at radius 1 is 0.486 bits per heavy atom. The van der Waals surface area contributed by atoms with Crippen molar-refractivity contribution in [3.05, 3.63) is 0 Å². The molecule has 0 radical (unpaired) electrons. The summed E-state index contributed by atoms with van der Waals surface area (Å²) in [7, 11) is 0. The van der Waals surface area contributed by atoms with Crippen molar-refractivity contribution in [2.24, 2.45) is 0 Å². The van der Waals surface area contributed by atoms with E-state index in [0.717, 1.165) is 13.0 Å². The summed E-state index contributed by atoms with van der Waals surface area (Å²) in [5, 5.41) is 8.52. The molecule has 208 valence electrons. The van der Waals surface area contributed by atoms with Crippen molar-refractivity contribution in [2.45, 2.75) is 84.0 Å². The van der Waals surface area contributed by atoms with Gasteiger partial charge >= 0.3 is 11.9 Å². The lowest BCUT2D eigenvalue weighted by atomic mass is 10.1. The van der Waals surface area contributed by atoms with E-state index in [1.54, 1.807) is 0 Å². The van der Waals surface area contributed by atoms with Gasteiger partial charge in [-0.3, -0.25) is 9.59 Å². The van der Waals surface area contributed by atoms with Crippen LogP contribution in [-0.2, 0) is 38.0 Å². The summed E-state index contributed by atoms with van der Waals surface area (Å²) in [5.41, 5.74) is 0. The fourth-order valence-electron chi connectivity index (χ4n) is 3.15. The van der Waals surface area contributed by atoms with Crippen LogP contribution in [0.3, 0.4) is 0 Å². The molecule has 0 aromatic rings. The van der Waals surface area contributed by atoms with Crippen LogP contribution in [0.25, 0.3) is 0 Å². The lowest BCUT2D eigenvalue weighted by Gasteiger charge is -2.08. The van der Waals surface area contributed by atoms with Crippen LogP contribution in [0.1, 0.15) is 84.0 Å². The molecule has 0 aliphatic carbocycles. The van der Waals surface area contributed by atoms with Crippen molar-refractivity contribution in [1.82, 2.24) is 0 Å². The Labute approximate surface area is 212 Å². The Balaban J connectivity index is 3.10. The summed E-state index contributed by atoms with van der Waals surface area (Å²) in [6.07, 6.45) is 11.8. The average Bonchev–Trinajstić information content (AvgIpc) is 2.84. The van der Waals surface area contributed by atoms with Crippen molar-refractivity contribution in [1.29, 1.82) is 0 Å². The molecule has 0 saturated heterocycles. The zero-order valence-electron chi connectivity index (χ0n) is 22.0. The van der Waals surface area contributed by atoms with Gasteiger partial charge in [0, 0.05) is 19.4 Å². The van der Waals surface area contributed by atoms with Gasteiger partial charge in [0.15, 0.2) is 0 Å². The summed E-state index contributed by atoms with van der Waals surface area (Å²) in [4.78, 5) is 21.8. The van der Waals surface area contributed by atoms with E-state index in [0.29, 0.717) is 72.3 Å². The molecule has 0 rings (SSSR count). The van der Waals surface area contributed by atoms with Crippen LogP contribution in [0, 0.1) is 0 Å². The first-order valence-corrected chi connectivity index (χ1v) is 13.4. The predicted octanol–water partition coefficient (Wildman–Crippen LogP) is 4.40. The van der Waals surface area contributed by atoms with Crippen molar-refractivity contribution in [3.8, 4) is 0 Å². The fraction of sp³-hybridized carbons (Fsp3) is 0.923. The molecule has 0 aliphatic heterocycles. The number of carbonyl (C=O) groups excluding carboxylic acids is 1. The summed E-state index contributed by atoms with van der Waals surface area (Å²) in [6.45, 7) is 7.69. The molecule has 9 heteroatoms. The largest absolute Gasteiger partial charge is 0.481 e.